The fourth-order valence-corrected chi connectivity index (χ4v) is 4.25. The Morgan fingerprint density at radius 2 is 1.96 bits per heavy atom. The predicted octanol–water partition coefficient (Wildman–Crippen LogP) is 2.23. The Morgan fingerprint density at radius 1 is 1.17 bits per heavy atom. The van der Waals surface area contributed by atoms with E-state index in [1.165, 1.54) is 17.1 Å². The maximum absolute atomic E-state index is 12.4. The zero-order valence-corrected chi connectivity index (χ0v) is 13.1. The first-order valence-electron chi connectivity index (χ1n) is 8.52. The van der Waals surface area contributed by atoms with Crippen molar-refractivity contribution in [2.75, 3.05) is 13.1 Å². The SMILES string of the molecule is O=C(C1CC1)N1CC[C@]2(CCn3c(-c4ccncc4)cnc32)C1. The largest absolute Gasteiger partial charge is 0.341 e. The molecule has 2 fully saturated rings. The van der Waals surface area contributed by atoms with E-state index in [0.29, 0.717) is 11.8 Å². The second-order valence-electron chi connectivity index (χ2n) is 7.17. The molecule has 1 saturated carbocycles. The van der Waals surface area contributed by atoms with Crippen molar-refractivity contribution in [2.45, 2.75) is 37.6 Å². The van der Waals surface area contributed by atoms with Crippen molar-refractivity contribution < 1.29 is 4.79 Å². The van der Waals surface area contributed by atoms with E-state index >= 15 is 0 Å². The minimum Gasteiger partial charge on any atom is -0.341 e. The number of likely N-dealkylation sites (tertiary alicyclic amines) is 1. The first kappa shape index (κ1) is 13.3. The first-order chi connectivity index (χ1) is 11.3. The number of fused-ring (bicyclic) bond motifs is 2. The molecular weight excluding hydrogens is 288 g/mol. The highest BCUT2D eigenvalue weighted by molar-refractivity contribution is 5.81. The van der Waals surface area contributed by atoms with Crippen LogP contribution < -0.4 is 0 Å². The van der Waals surface area contributed by atoms with Crippen LogP contribution in [0.4, 0.5) is 0 Å². The number of rotatable bonds is 2. The number of carbonyl (C=O) groups is 1. The molecule has 0 aromatic carbocycles. The van der Waals surface area contributed by atoms with Crippen LogP contribution in [0.15, 0.2) is 30.7 Å². The number of imidazole rings is 1. The summed E-state index contributed by atoms with van der Waals surface area (Å²) < 4.78 is 2.35. The summed E-state index contributed by atoms with van der Waals surface area (Å²) in [4.78, 5) is 23.3. The molecule has 1 spiro atoms. The van der Waals surface area contributed by atoms with Crippen LogP contribution in [0, 0.1) is 5.92 Å². The smallest absolute Gasteiger partial charge is 0.225 e. The molecular formula is C18H20N4O. The van der Waals surface area contributed by atoms with Gasteiger partial charge in [-0.1, -0.05) is 0 Å². The maximum atomic E-state index is 12.4. The van der Waals surface area contributed by atoms with E-state index in [4.69, 9.17) is 4.98 Å². The molecule has 0 unspecified atom stereocenters. The van der Waals surface area contributed by atoms with Crippen LogP contribution >= 0.6 is 0 Å². The van der Waals surface area contributed by atoms with Crippen molar-refractivity contribution in [1.82, 2.24) is 19.4 Å². The molecule has 1 atom stereocenters. The molecule has 4 heterocycles. The number of pyridine rings is 1. The van der Waals surface area contributed by atoms with Crippen LogP contribution in [0.1, 0.15) is 31.5 Å². The Morgan fingerprint density at radius 3 is 2.74 bits per heavy atom. The number of nitrogens with zero attached hydrogens (tertiary/aromatic N) is 4. The highest BCUT2D eigenvalue weighted by Gasteiger charge is 2.49. The van der Waals surface area contributed by atoms with Crippen molar-refractivity contribution in [1.29, 1.82) is 0 Å². The summed E-state index contributed by atoms with van der Waals surface area (Å²) >= 11 is 0. The van der Waals surface area contributed by atoms with Gasteiger partial charge >= 0.3 is 0 Å². The van der Waals surface area contributed by atoms with Gasteiger partial charge in [0.25, 0.3) is 0 Å². The number of carbonyl (C=O) groups excluding carboxylic acids is 1. The molecule has 2 aromatic rings. The van der Waals surface area contributed by atoms with E-state index in [-0.39, 0.29) is 5.41 Å². The Bertz CT molecular complexity index is 765. The summed E-state index contributed by atoms with van der Waals surface area (Å²) in [6, 6.07) is 4.07. The van der Waals surface area contributed by atoms with E-state index in [0.717, 1.165) is 45.3 Å². The van der Waals surface area contributed by atoms with Crippen molar-refractivity contribution in [2.24, 2.45) is 5.92 Å². The molecule has 0 radical (unpaired) electrons. The average molecular weight is 308 g/mol. The lowest BCUT2D eigenvalue weighted by Crippen LogP contribution is -2.34. The first-order valence-corrected chi connectivity index (χ1v) is 8.52. The van der Waals surface area contributed by atoms with Gasteiger partial charge in [0.15, 0.2) is 0 Å². The second-order valence-corrected chi connectivity index (χ2v) is 7.17. The van der Waals surface area contributed by atoms with Gasteiger partial charge in [0.05, 0.1) is 11.9 Å². The molecule has 5 heteroatoms. The quantitative estimate of drug-likeness (QED) is 0.855. The lowest BCUT2D eigenvalue weighted by molar-refractivity contribution is -0.131. The van der Waals surface area contributed by atoms with Crippen molar-refractivity contribution in [3.05, 3.63) is 36.5 Å². The number of hydrogen-bond acceptors (Lipinski definition) is 3. The Hall–Kier alpha value is -2.17. The second kappa shape index (κ2) is 4.66. The maximum Gasteiger partial charge on any atom is 0.225 e. The summed E-state index contributed by atoms with van der Waals surface area (Å²) in [5.74, 6) is 1.87. The average Bonchev–Trinajstić information content (AvgIpc) is 3.06. The van der Waals surface area contributed by atoms with Gasteiger partial charge in [-0.15, -0.1) is 0 Å². The van der Waals surface area contributed by atoms with Crippen molar-refractivity contribution >= 4 is 5.91 Å². The van der Waals surface area contributed by atoms with Gasteiger partial charge < -0.3 is 9.47 Å². The number of hydrogen-bond donors (Lipinski definition) is 0. The van der Waals surface area contributed by atoms with Crippen LogP contribution in [-0.4, -0.2) is 38.4 Å². The van der Waals surface area contributed by atoms with Gasteiger partial charge in [0, 0.05) is 48.9 Å². The fraction of sp³-hybridized carbons (Fsp3) is 0.500. The van der Waals surface area contributed by atoms with E-state index in [1.54, 1.807) is 0 Å². The molecule has 1 amide bonds. The minimum absolute atomic E-state index is 0.0792. The highest BCUT2D eigenvalue weighted by Crippen LogP contribution is 2.45. The summed E-state index contributed by atoms with van der Waals surface area (Å²) in [6.07, 6.45) is 9.96. The lowest BCUT2D eigenvalue weighted by Gasteiger charge is -2.22. The standard InChI is InChI=1S/C18H20N4O/c23-16(14-1-2-14)21-9-5-18(12-21)6-10-22-15(11-20-17(18)22)13-3-7-19-8-4-13/h3-4,7-8,11,14H,1-2,5-6,9-10,12H2/t18-/m0/s1. The number of aromatic nitrogens is 3. The van der Waals surface area contributed by atoms with Gasteiger partial charge in [-0.25, -0.2) is 4.98 Å². The highest BCUT2D eigenvalue weighted by atomic mass is 16.2. The van der Waals surface area contributed by atoms with Crippen LogP contribution in [0.5, 0.6) is 0 Å². The monoisotopic (exact) mass is 308 g/mol. The van der Waals surface area contributed by atoms with Crippen LogP contribution in [0.25, 0.3) is 11.3 Å². The third-order valence-electron chi connectivity index (χ3n) is 5.71. The summed E-state index contributed by atoms with van der Waals surface area (Å²) in [6.45, 7) is 2.75. The number of amides is 1. The van der Waals surface area contributed by atoms with Gasteiger partial charge in [-0.05, 0) is 37.8 Å². The molecule has 2 aliphatic heterocycles. The molecule has 0 bridgehead atoms. The predicted molar refractivity (Wildman–Crippen MR) is 85.7 cm³/mol. The zero-order valence-electron chi connectivity index (χ0n) is 13.1. The van der Waals surface area contributed by atoms with Gasteiger partial charge in [0.1, 0.15) is 5.82 Å². The van der Waals surface area contributed by atoms with Crippen LogP contribution in [0.2, 0.25) is 0 Å². The lowest BCUT2D eigenvalue weighted by atomic mass is 9.85. The molecule has 5 rings (SSSR count). The summed E-state index contributed by atoms with van der Waals surface area (Å²) in [5.41, 5.74) is 2.42. The molecule has 23 heavy (non-hydrogen) atoms. The van der Waals surface area contributed by atoms with Gasteiger partial charge in [-0.2, -0.15) is 0 Å². The Labute approximate surface area is 135 Å². The molecule has 118 valence electrons. The molecule has 2 aromatic heterocycles. The van der Waals surface area contributed by atoms with E-state index in [1.807, 2.05) is 30.7 Å². The van der Waals surface area contributed by atoms with E-state index in [9.17, 15) is 4.79 Å². The van der Waals surface area contributed by atoms with E-state index < -0.39 is 0 Å². The molecule has 1 aliphatic carbocycles. The van der Waals surface area contributed by atoms with E-state index in [2.05, 4.69) is 14.5 Å². The Kier molecular flexibility index (Phi) is 2.69. The normalized spacial score (nSPS) is 26.0. The van der Waals surface area contributed by atoms with Crippen molar-refractivity contribution in [3.8, 4) is 11.3 Å². The topological polar surface area (TPSA) is 51.0 Å². The fourth-order valence-electron chi connectivity index (χ4n) is 4.25. The minimum atomic E-state index is 0.0792. The van der Waals surface area contributed by atoms with Crippen molar-refractivity contribution in [3.63, 3.8) is 0 Å². The van der Waals surface area contributed by atoms with Crippen LogP contribution in [-0.2, 0) is 16.8 Å². The third-order valence-corrected chi connectivity index (χ3v) is 5.71. The summed E-state index contributed by atoms with van der Waals surface area (Å²) in [5, 5.41) is 0. The van der Waals surface area contributed by atoms with Crippen LogP contribution in [0.3, 0.4) is 0 Å². The third kappa shape index (κ3) is 1.95. The Balaban J connectivity index is 1.46. The zero-order chi connectivity index (χ0) is 15.4. The van der Waals surface area contributed by atoms with Gasteiger partial charge in [0.2, 0.25) is 5.91 Å². The molecule has 0 N–H and O–H groups in total. The molecule has 3 aliphatic rings. The van der Waals surface area contributed by atoms with Gasteiger partial charge in [-0.3, -0.25) is 9.78 Å². The molecule has 1 saturated heterocycles. The summed E-state index contributed by atoms with van der Waals surface area (Å²) in [7, 11) is 0. The molecule has 5 nitrogen and oxygen atoms in total.